The van der Waals surface area contributed by atoms with Gasteiger partial charge in [0.2, 0.25) is 0 Å². The van der Waals surface area contributed by atoms with Gasteiger partial charge in [-0.3, -0.25) is 9.69 Å². The van der Waals surface area contributed by atoms with E-state index in [1.807, 2.05) is 0 Å². The highest BCUT2D eigenvalue weighted by Crippen LogP contribution is 2.34. The number of rotatable bonds is 9. The molecule has 1 saturated carbocycles. The molecule has 0 radical (unpaired) electrons. The average Bonchev–Trinajstić information content (AvgIpc) is 3.44. The first-order valence-corrected chi connectivity index (χ1v) is 12.8. The highest BCUT2D eigenvalue weighted by molar-refractivity contribution is 5.96. The fourth-order valence-electron chi connectivity index (χ4n) is 4.83. The van der Waals surface area contributed by atoms with Crippen LogP contribution >= 0.6 is 0 Å². The van der Waals surface area contributed by atoms with E-state index in [1.165, 1.54) is 49.1 Å². The Morgan fingerprint density at radius 3 is 1.95 bits per heavy atom. The van der Waals surface area contributed by atoms with Gasteiger partial charge >= 0.3 is 11.9 Å². The first kappa shape index (κ1) is 28.1. The van der Waals surface area contributed by atoms with Crippen LogP contribution in [0.5, 0.6) is 0 Å². The summed E-state index contributed by atoms with van der Waals surface area (Å²) in [5.74, 6) is -1.93. The molecule has 198 valence electrons. The molecular weight excluding hydrogens is 475 g/mol. The van der Waals surface area contributed by atoms with Crippen molar-refractivity contribution >= 4 is 23.4 Å². The number of ketones is 1. The number of Topliss-reactive ketones (excluding diaryl/α,β-unsaturated/α-hetero) is 1. The Bertz CT molecular complexity index is 1040. The van der Waals surface area contributed by atoms with Crippen molar-refractivity contribution in [3.8, 4) is 0 Å². The van der Waals surface area contributed by atoms with Gasteiger partial charge in [-0.1, -0.05) is 25.0 Å². The van der Waals surface area contributed by atoms with Crippen LogP contribution in [0.15, 0.2) is 60.7 Å². The third-order valence-corrected chi connectivity index (χ3v) is 6.87. The summed E-state index contributed by atoms with van der Waals surface area (Å²) in [4.78, 5) is 36.2. The van der Waals surface area contributed by atoms with Gasteiger partial charge in [0.25, 0.3) is 0 Å². The molecule has 8 heteroatoms. The maximum Gasteiger partial charge on any atom is 0.328 e. The molecule has 1 aliphatic heterocycles. The molecule has 2 N–H and O–H groups in total. The molecule has 0 unspecified atom stereocenters. The number of carboxylic acid groups (broad SMARTS) is 2. The van der Waals surface area contributed by atoms with E-state index in [9.17, 15) is 18.8 Å². The first-order valence-electron chi connectivity index (χ1n) is 12.8. The van der Waals surface area contributed by atoms with Crippen LogP contribution in [-0.2, 0) is 9.59 Å². The van der Waals surface area contributed by atoms with Gasteiger partial charge in [0.05, 0.1) is 0 Å². The summed E-state index contributed by atoms with van der Waals surface area (Å²) in [6, 6.07) is 15.1. The summed E-state index contributed by atoms with van der Waals surface area (Å²) in [6.45, 7) is 5.09. The first-order chi connectivity index (χ1) is 17.8. The van der Waals surface area contributed by atoms with Crippen LogP contribution in [0.1, 0.15) is 60.4 Å². The molecule has 2 aliphatic rings. The number of piperazine rings is 1. The highest BCUT2D eigenvalue weighted by atomic mass is 19.1. The van der Waals surface area contributed by atoms with Gasteiger partial charge in [-0.2, -0.15) is 0 Å². The van der Waals surface area contributed by atoms with Gasteiger partial charge in [0.1, 0.15) is 5.82 Å². The molecule has 2 aromatic rings. The van der Waals surface area contributed by atoms with Crippen molar-refractivity contribution in [1.29, 1.82) is 0 Å². The number of nitrogens with zero attached hydrogens (tertiary/aromatic N) is 2. The molecule has 0 bridgehead atoms. The predicted octanol–water partition coefficient (Wildman–Crippen LogP) is 4.98. The number of hydrogen-bond donors (Lipinski definition) is 2. The Labute approximate surface area is 217 Å². The number of carboxylic acids is 2. The summed E-state index contributed by atoms with van der Waals surface area (Å²) >= 11 is 0. The Balaban J connectivity index is 0.000000414. The zero-order chi connectivity index (χ0) is 26.6. The molecule has 0 atom stereocenters. The molecule has 4 rings (SSSR count). The Hall–Kier alpha value is -3.52. The van der Waals surface area contributed by atoms with E-state index in [1.54, 1.807) is 12.1 Å². The van der Waals surface area contributed by atoms with Crippen molar-refractivity contribution in [2.75, 3.05) is 37.6 Å². The molecule has 37 heavy (non-hydrogen) atoms. The van der Waals surface area contributed by atoms with Gasteiger partial charge < -0.3 is 15.1 Å². The van der Waals surface area contributed by atoms with E-state index in [0.29, 0.717) is 24.1 Å². The van der Waals surface area contributed by atoms with Gasteiger partial charge in [0, 0.05) is 56.0 Å². The van der Waals surface area contributed by atoms with Gasteiger partial charge in [-0.15, -0.1) is 0 Å². The number of aliphatic carboxylic acids is 2. The predicted molar refractivity (Wildman–Crippen MR) is 141 cm³/mol. The standard InChI is InChI=1S/C25H31FN2O.C4H4O4/c26-23-11-7-22(8-12-23)25(29)6-3-15-27-16-18-28(19-17-27)24-13-9-21(10-14-24)20-4-1-2-5-20;5-3(6)1-2-4(7)8/h7-14,20H,1-6,15-19H2;1-2H,(H,5,6)(H,7,8)/b;2-1-. The van der Waals surface area contributed by atoms with Crippen LogP contribution in [0.2, 0.25) is 0 Å². The van der Waals surface area contributed by atoms with Crippen LogP contribution in [0.25, 0.3) is 0 Å². The maximum atomic E-state index is 13.0. The van der Waals surface area contributed by atoms with Gasteiger partial charge in [-0.05, 0) is 73.7 Å². The second-order valence-electron chi connectivity index (χ2n) is 9.45. The van der Waals surface area contributed by atoms with Crippen molar-refractivity contribution in [1.82, 2.24) is 4.90 Å². The van der Waals surface area contributed by atoms with Gasteiger partial charge in [-0.25, -0.2) is 14.0 Å². The Morgan fingerprint density at radius 1 is 0.838 bits per heavy atom. The zero-order valence-corrected chi connectivity index (χ0v) is 21.0. The lowest BCUT2D eigenvalue weighted by molar-refractivity contribution is -0.134. The number of anilines is 1. The number of carbonyl (C=O) groups excluding carboxylic acids is 1. The SMILES string of the molecule is O=C(CCCN1CCN(c2ccc(C3CCCC3)cc2)CC1)c1ccc(F)cc1.O=C(O)/C=C\C(=O)O. The van der Waals surface area contributed by atoms with Crippen molar-refractivity contribution in [2.45, 2.75) is 44.4 Å². The van der Waals surface area contributed by atoms with Gasteiger partial charge in [0.15, 0.2) is 5.78 Å². The minimum absolute atomic E-state index is 0.103. The summed E-state index contributed by atoms with van der Waals surface area (Å²) < 4.78 is 13.0. The fourth-order valence-corrected chi connectivity index (χ4v) is 4.83. The Kier molecular flexibility index (Phi) is 10.8. The lowest BCUT2D eigenvalue weighted by Gasteiger charge is -2.36. The fraction of sp³-hybridized carbons (Fsp3) is 0.414. The highest BCUT2D eigenvalue weighted by Gasteiger charge is 2.19. The number of carbonyl (C=O) groups is 3. The molecule has 2 aromatic carbocycles. The van der Waals surface area contributed by atoms with E-state index in [2.05, 4.69) is 34.1 Å². The van der Waals surface area contributed by atoms with E-state index in [0.717, 1.165) is 45.1 Å². The second-order valence-corrected chi connectivity index (χ2v) is 9.45. The number of halogens is 1. The number of hydrogen-bond acceptors (Lipinski definition) is 5. The molecule has 1 aliphatic carbocycles. The zero-order valence-electron chi connectivity index (χ0n) is 21.0. The van der Waals surface area contributed by atoms with Crippen LogP contribution in [-0.4, -0.2) is 65.6 Å². The van der Waals surface area contributed by atoms with E-state index in [4.69, 9.17) is 10.2 Å². The summed E-state index contributed by atoms with van der Waals surface area (Å²) in [5.41, 5.74) is 3.45. The summed E-state index contributed by atoms with van der Waals surface area (Å²) in [7, 11) is 0. The third kappa shape index (κ3) is 9.46. The smallest absolute Gasteiger partial charge is 0.328 e. The van der Waals surface area contributed by atoms with Crippen molar-refractivity contribution in [3.05, 3.63) is 77.6 Å². The third-order valence-electron chi connectivity index (χ3n) is 6.87. The maximum absolute atomic E-state index is 13.0. The molecule has 1 saturated heterocycles. The van der Waals surface area contributed by atoms with Crippen LogP contribution < -0.4 is 4.90 Å². The monoisotopic (exact) mass is 510 g/mol. The molecule has 0 amide bonds. The topological polar surface area (TPSA) is 98.2 Å². The lowest BCUT2D eigenvalue weighted by atomic mass is 9.97. The minimum atomic E-state index is -1.26. The molecular formula is C29H35FN2O5. The number of benzene rings is 2. The largest absolute Gasteiger partial charge is 0.478 e. The quantitative estimate of drug-likeness (QED) is 0.363. The minimum Gasteiger partial charge on any atom is -0.478 e. The molecule has 0 aromatic heterocycles. The molecule has 1 heterocycles. The van der Waals surface area contributed by atoms with E-state index >= 15 is 0 Å². The molecule has 7 nitrogen and oxygen atoms in total. The normalized spacial score (nSPS) is 16.4. The van der Waals surface area contributed by atoms with Crippen molar-refractivity contribution in [3.63, 3.8) is 0 Å². The van der Waals surface area contributed by atoms with E-state index in [-0.39, 0.29) is 11.6 Å². The van der Waals surface area contributed by atoms with Crippen molar-refractivity contribution < 1.29 is 29.0 Å². The summed E-state index contributed by atoms with van der Waals surface area (Å²) in [6.07, 6.45) is 7.95. The molecule has 2 fully saturated rings. The Morgan fingerprint density at radius 2 is 1.41 bits per heavy atom. The van der Waals surface area contributed by atoms with Crippen LogP contribution in [0, 0.1) is 5.82 Å². The summed E-state index contributed by atoms with van der Waals surface area (Å²) in [5, 5.41) is 15.6. The average molecular weight is 511 g/mol. The second kappa shape index (κ2) is 14.3. The van der Waals surface area contributed by atoms with Crippen molar-refractivity contribution in [2.24, 2.45) is 0 Å². The van der Waals surface area contributed by atoms with Crippen LogP contribution in [0.4, 0.5) is 10.1 Å². The molecule has 0 spiro atoms. The lowest BCUT2D eigenvalue weighted by Crippen LogP contribution is -2.46. The van der Waals surface area contributed by atoms with E-state index < -0.39 is 11.9 Å². The van der Waals surface area contributed by atoms with Crippen LogP contribution in [0.3, 0.4) is 0 Å².